The van der Waals surface area contributed by atoms with E-state index in [0.29, 0.717) is 0 Å². The molecule has 0 amide bonds. The summed E-state index contributed by atoms with van der Waals surface area (Å²) in [6.45, 7) is 0. The molecule has 23 aromatic carbocycles. The number of para-hydroxylation sites is 7. The van der Waals surface area contributed by atoms with E-state index in [2.05, 4.69) is 506 Å². The average Bonchev–Trinajstić information content (AvgIpc) is 1.23. The van der Waals surface area contributed by atoms with Crippen LogP contribution in [0.3, 0.4) is 0 Å². The molecule has 9 heteroatoms. The minimum atomic E-state index is 0.911. The van der Waals surface area contributed by atoms with Crippen molar-refractivity contribution in [3.63, 3.8) is 0 Å². The number of anilines is 9. The molecular formula is C136H87N3O3S3. The molecule has 0 bridgehead atoms. The number of fused-ring (bicyclic) bond motifs is 19. The summed E-state index contributed by atoms with van der Waals surface area (Å²) >= 11 is 5.57. The monoisotopic (exact) mass is 1910 g/mol. The quantitative estimate of drug-likeness (QED) is 0.0961. The van der Waals surface area contributed by atoms with Crippen LogP contribution >= 0.6 is 34.0 Å². The van der Waals surface area contributed by atoms with E-state index in [9.17, 15) is 0 Å². The fraction of sp³-hybridized carbons (Fsp3) is 0. The summed E-state index contributed by atoms with van der Waals surface area (Å²) in [4.78, 5) is 7.01. The minimum absolute atomic E-state index is 0.911. The van der Waals surface area contributed by atoms with Crippen LogP contribution in [0.25, 0.3) is 215 Å². The van der Waals surface area contributed by atoms with Gasteiger partial charge in [0, 0.05) is 160 Å². The maximum Gasteiger partial charge on any atom is 0.143 e. The van der Waals surface area contributed by atoms with Crippen molar-refractivity contribution >= 4 is 222 Å². The highest BCUT2D eigenvalue weighted by Crippen LogP contribution is 2.49. The number of rotatable bonds is 16. The number of hydrogen-bond donors (Lipinski definition) is 0. The van der Waals surface area contributed by atoms with Crippen molar-refractivity contribution < 1.29 is 13.3 Å². The first-order chi connectivity index (χ1) is 71.8. The van der Waals surface area contributed by atoms with Gasteiger partial charge in [0.05, 0.1) is 5.69 Å². The van der Waals surface area contributed by atoms with Crippen molar-refractivity contribution in [2.75, 3.05) is 14.7 Å². The van der Waals surface area contributed by atoms with Gasteiger partial charge in [-0.3, -0.25) is 0 Å². The summed E-state index contributed by atoms with van der Waals surface area (Å²) in [6, 6.07) is 189. The first-order valence-corrected chi connectivity index (χ1v) is 51.5. The molecule has 6 heterocycles. The lowest BCUT2D eigenvalue weighted by Gasteiger charge is -2.27. The van der Waals surface area contributed by atoms with Gasteiger partial charge < -0.3 is 28.0 Å². The van der Waals surface area contributed by atoms with Gasteiger partial charge in [-0.2, -0.15) is 0 Å². The molecule has 0 atom stereocenters. The Morgan fingerprint density at radius 1 is 0.138 bits per heavy atom. The Morgan fingerprint density at radius 3 is 0.724 bits per heavy atom. The molecule has 6 aromatic heterocycles. The van der Waals surface area contributed by atoms with Gasteiger partial charge in [-0.25, -0.2) is 0 Å². The fourth-order valence-electron chi connectivity index (χ4n) is 21.2. The van der Waals surface area contributed by atoms with Crippen molar-refractivity contribution in [1.82, 2.24) is 0 Å². The molecule has 6 nitrogen and oxygen atoms in total. The number of nitrogens with zero attached hydrogens (tertiary/aromatic N) is 3. The van der Waals surface area contributed by atoms with E-state index in [4.69, 9.17) is 13.3 Å². The van der Waals surface area contributed by atoms with Crippen LogP contribution in [0.5, 0.6) is 0 Å². The fourth-order valence-corrected chi connectivity index (χ4v) is 24.4. The average molecular weight is 1910 g/mol. The van der Waals surface area contributed by atoms with E-state index in [1.165, 1.54) is 116 Å². The molecule has 0 aliphatic carbocycles. The first kappa shape index (κ1) is 85.9. The second kappa shape index (κ2) is 36.8. The van der Waals surface area contributed by atoms with Crippen molar-refractivity contribution in [1.29, 1.82) is 0 Å². The Labute approximate surface area is 849 Å². The lowest BCUT2D eigenvalue weighted by Crippen LogP contribution is -2.10. The Kier molecular flexibility index (Phi) is 21.8. The van der Waals surface area contributed by atoms with Gasteiger partial charge in [-0.05, 0) is 243 Å². The molecule has 29 aromatic rings. The molecule has 0 saturated carbocycles. The number of thiophene rings is 3. The summed E-state index contributed by atoms with van der Waals surface area (Å²) in [5.74, 6) is 0. The predicted octanol–water partition coefficient (Wildman–Crippen LogP) is 41.1. The summed E-state index contributed by atoms with van der Waals surface area (Å²) in [6.07, 6.45) is 0. The van der Waals surface area contributed by atoms with E-state index in [1.54, 1.807) is 0 Å². The summed E-state index contributed by atoms with van der Waals surface area (Å²) < 4.78 is 27.1. The van der Waals surface area contributed by atoms with Crippen molar-refractivity contribution in [2.45, 2.75) is 0 Å². The standard InChI is InChI=1S/C48H31NOS.C46H29NOS.C42H27NOS/c1-2-9-32(10-3-1)33-17-24-37(25-18-33)49(38-26-19-34(20-27-38)36-23-30-47-44(31-36)42-12-5-7-16-46(42)51-47)39-28-21-35(22-29-39)40-13-8-14-43-41-11-4-6-15-45(41)50-48(40)43;1-2-11-36-31(9-1)10-7-16-42(36)47(34-24-19-30(20-25-34)33-23-28-45-41(29-33)39-13-4-6-18-44(39)49-45)35-26-21-32(22-27-35)37-14-8-15-40-38-12-3-5-17-43(38)48-46(37)40;1-2-9-31(10-3-1)43(32-22-17-28(18-23-32)30-21-26-41-38(27-30)36-12-5-7-16-40(36)45-41)33-24-19-29(20-25-33)34-13-8-14-37-35-11-4-6-15-39(35)44-42(34)37/h1-31H;1-29H;1-27H. The maximum atomic E-state index is 6.38. The number of furan rings is 3. The molecule has 0 saturated heterocycles. The summed E-state index contributed by atoms with van der Waals surface area (Å²) in [7, 11) is 0. The summed E-state index contributed by atoms with van der Waals surface area (Å²) in [5, 5.41) is 17.2. The van der Waals surface area contributed by atoms with Crippen molar-refractivity contribution in [3.05, 3.63) is 528 Å². The van der Waals surface area contributed by atoms with Crippen LogP contribution < -0.4 is 14.7 Å². The van der Waals surface area contributed by atoms with Gasteiger partial charge in [0.25, 0.3) is 0 Å². The number of benzene rings is 23. The van der Waals surface area contributed by atoms with Crippen LogP contribution in [0.4, 0.5) is 51.2 Å². The Morgan fingerprint density at radius 2 is 0.372 bits per heavy atom. The molecule has 0 aliphatic heterocycles. The van der Waals surface area contributed by atoms with Gasteiger partial charge in [0.15, 0.2) is 0 Å². The molecule has 682 valence electrons. The van der Waals surface area contributed by atoms with Crippen LogP contribution in [0.1, 0.15) is 0 Å². The zero-order chi connectivity index (χ0) is 95.8. The normalized spacial score (nSPS) is 11.6. The largest absolute Gasteiger partial charge is 0.455 e. The van der Waals surface area contributed by atoms with Crippen molar-refractivity contribution in [3.8, 4) is 77.9 Å². The molecule has 0 spiro atoms. The van der Waals surface area contributed by atoms with Gasteiger partial charge in [0.1, 0.15) is 33.5 Å². The zero-order valence-electron chi connectivity index (χ0n) is 78.5. The van der Waals surface area contributed by atoms with Gasteiger partial charge >= 0.3 is 0 Å². The third-order valence-corrected chi connectivity index (χ3v) is 31.7. The molecule has 0 radical (unpaired) electrons. The predicted molar refractivity (Wildman–Crippen MR) is 619 cm³/mol. The lowest BCUT2D eigenvalue weighted by atomic mass is 10.0. The molecule has 0 fully saturated rings. The topological polar surface area (TPSA) is 49.1 Å². The third-order valence-electron chi connectivity index (χ3n) is 28.3. The summed E-state index contributed by atoms with van der Waals surface area (Å²) in [5.41, 5.74) is 31.8. The third kappa shape index (κ3) is 15.9. The molecule has 0 unspecified atom stereocenters. The second-order valence-corrected chi connectivity index (χ2v) is 40.1. The molecule has 0 aliphatic rings. The molecular weight excluding hydrogens is 1820 g/mol. The second-order valence-electron chi connectivity index (χ2n) is 36.8. The smallest absolute Gasteiger partial charge is 0.143 e. The Bertz CT molecular complexity index is 9930. The highest BCUT2D eigenvalue weighted by atomic mass is 32.1. The van der Waals surface area contributed by atoms with E-state index in [-0.39, 0.29) is 0 Å². The van der Waals surface area contributed by atoms with E-state index >= 15 is 0 Å². The van der Waals surface area contributed by atoms with E-state index in [0.717, 1.165) is 150 Å². The first-order valence-electron chi connectivity index (χ1n) is 49.0. The van der Waals surface area contributed by atoms with E-state index < -0.39 is 0 Å². The molecule has 0 N–H and O–H groups in total. The van der Waals surface area contributed by atoms with Gasteiger partial charge in [0.2, 0.25) is 0 Å². The van der Waals surface area contributed by atoms with Crippen molar-refractivity contribution in [2.24, 2.45) is 0 Å². The zero-order valence-corrected chi connectivity index (χ0v) is 81.0. The van der Waals surface area contributed by atoms with Crippen LogP contribution in [0.15, 0.2) is 541 Å². The van der Waals surface area contributed by atoms with Gasteiger partial charge in [-0.1, -0.05) is 352 Å². The minimum Gasteiger partial charge on any atom is -0.455 e. The van der Waals surface area contributed by atoms with Crippen LogP contribution in [-0.2, 0) is 0 Å². The van der Waals surface area contributed by atoms with Gasteiger partial charge in [-0.15, -0.1) is 34.0 Å². The van der Waals surface area contributed by atoms with Crippen LogP contribution in [0, 0.1) is 0 Å². The van der Waals surface area contributed by atoms with Crippen LogP contribution in [-0.4, -0.2) is 0 Å². The van der Waals surface area contributed by atoms with Crippen LogP contribution in [0.2, 0.25) is 0 Å². The highest BCUT2D eigenvalue weighted by Gasteiger charge is 2.24. The molecule has 29 rings (SSSR count). The highest BCUT2D eigenvalue weighted by molar-refractivity contribution is 7.26. The Hall–Kier alpha value is -18.2. The SMILES string of the molecule is c1ccc(-c2ccc(N(c3ccc(-c4ccc5sc6ccccc6c5c4)cc3)c3ccc(-c4cccc5c4oc4ccccc45)cc3)cc2)cc1.c1ccc(N(c2ccc(-c3ccc4sc5ccccc5c4c3)cc2)c2ccc(-c3cccc4c3oc3ccccc34)cc2)cc1.c1ccc2c(N(c3ccc(-c4ccc5sc6ccccc6c5c4)cc3)c3ccc(-c4cccc5c4oc4ccccc45)cc3)cccc2c1. The maximum absolute atomic E-state index is 6.38. The lowest BCUT2D eigenvalue weighted by molar-refractivity contribution is 0.669. The number of hydrogen-bond acceptors (Lipinski definition) is 9. The molecule has 145 heavy (non-hydrogen) atoms. The van der Waals surface area contributed by atoms with E-state index in [1.807, 2.05) is 70.4 Å². The Balaban J connectivity index is 0.000000108.